The number of hydrogen-bond donors (Lipinski definition) is 1. The molecular weight excluding hydrogens is 384 g/mol. The normalized spacial score (nSPS) is 13.5. The van der Waals surface area contributed by atoms with Crippen molar-refractivity contribution in [2.24, 2.45) is 0 Å². The van der Waals surface area contributed by atoms with Crippen LogP contribution < -0.4 is 10.9 Å². The van der Waals surface area contributed by atoms with Gasteiger partial charge in [0.25, 0.3) is 5.56 Å². The number of esters is 1. The van der Waals surface area contributed by atoms with Gasteiger partial charge < -0.3 is 14.6 Å². The lowest BCUT2D eigenvalue weighted by molar-refractivity contribution is -0.116. The van der Waals surface area contributed by atoms with Gasteiger partial charge in [0.2, 0.25) is 5.91 Å². The number of nitrogens with one attached hydrogen (secondary N) is 1. The maximum atomic E-state index is 13.1. The van der Waals surface area contributed by atoms with Gasteiger partial charge in [-0.25, -0.2) is 9.31 Å². The number of carbonyl (C=O) groups excluding carboxylic acids is 2. The summed E-state index contributed by atoms with van der Waals surface area (Å²) < 4.78 is 8.04. The molecule has 0 saturated heterocycles. The van der Waals surface area contributed by atoms with Gasteiger partial charge in [0.1, 0.15) is 12.1 Å². The van der Waals surface area contributed by atoms with Crippen molar-refractivity contribution in [3.8, 4) is 0 Å². The van der Waals surface area contributed by atoms with Crippen LogP contribution in [-0.4, -0.2) is 32.7 Å². The fourth-order valence-corrected chi connectivity index (χ4v) is 3.88. The van der Waals surface area contributed by atoms with Crippen molar-refractivity contribution in [2.45, 2.75) is 45.6 Å². The second-order valence-electron chi connectivity index (χ2n) is 7.32. The molecule has 30 heavy (non-hydrogen) atoms. The Balaban J connectivity index is 1.59. The molecule has 0 aliphatic heterocycles. The van der Waals surface area contributed by atoms with Gasteiger partial charge in [0, 0.05) is 18.0 Å². The number of ether oxygens (including phenoxy) is 1. The van der Waals surface area contributed by atoms with Crippen LogP contribution in [0.25, 0.3) is 5.52 Å². The molecule has 2 aromatic heterocycles. The Bertz CT molecular complexity index is 1160. The first-order chi connectivity index (χ1) is 14.6. The van der Waals surface area contributed by atoms with Crippen molar-refractivity contribution >= 4 is 23.1 Å². The molecule has 2 heterocycles. The highest BCUT2D eigenvalue weighted by atomic mass is 16.5. The minimum Gasteiger partial charge on any atom is -0.462 e. The van der Waals surface area contributed by atoms with E-state index in [1.54, 1.807) is 48.1 Å². The highest BCUT2D eigenvalue weighted by molar-refractivity contribution is 6.01. The van der Waals surface area contributed by atoms with Gasteiger partial charge in [0.05, 0.1) is 23.6 Å². The van der Waals surface area contributed by atoms with Crippen LogP contribution in [-0.2, 0) is 28.9 Å². The molecule has 4 rings (SSSR count). The smallest absolute Gasteiger partial charge is 0.340 e. The van der Waals surface area contributed by atoms with Crippen LogP contribution in [0.2, 0.25) is 0 Å². The van der Waals surface area contributed by atoms with Crippen molar-refractivity contribution in [1.82, 2.24) is 14.2 Å². The summed E-state index contributed by atoms with van der Waals surface area (Å²) in [6.45, 7) is 1.80. The standard InChI is InChI=1S/C22H24N4O4/c1-2-30-22(29)16-9-6-7-10-17(16)23-19(27)14-25-12-13-26-20(21(25)28)15-8-4-3-5-11-18(15)24-26/h6-7,9-10,12-13H,2-5,8,11,14H2,1H3,(H,23,27). The maximum absolute atomic E-state index is 13.1. The van der Waals surface area contributed by atoms with E-state index >= 15 is 0 Å². The fraction of sp³-hybridized carbons (Fsp3) is 0.364. The van der Waals surface area contributed by atoms with E-state index in [1.165, 1.54) is 4.57 Å². The van der Waals surface area contributed by atoms with E-state index in [9.17, 15) is 14.4 Å². The maximum Gasteiger partial charge on any atom is 0.340 e. The van der Waals surface area contributed by atoms with Crippen molar-refractivity contribution in [1.29, 1.82) is 0 Å². The van der Waals surface area contributed by atoms with Crippen LogP contribution in [0.1, 0.15) is 47.8 Å². The van der Waals surface area contributed by atoms with Crippen LogP contribution in [0.15, 0.2) is 41.5 Å². The van der Waals surface area contributed by atoms with Gasteiger partial charge in [-0.1, -0.05) is 18.6 Å². The summed E-state index contributed by atoms with van der Waals surface area (Å²) >= 11 is 0. The predicted molar refractivity (Wildman–Crippen MR) is 112 cm³/mol. The molecule has 0 atom stereocenters. The molecule has 3 aromatic rings. The summed E-state index contributed by atoms with van der Waals surface area (Å²) in [5.41, 5.74) is 2.93. The van der Waals surface area contributed by atoms with Gasteiger partial charge >= 0.3 is 5.97 Å². The third kappa shape index (κ3) is 3.85. The molecule has 1 aliphatic rings. The first kappa shape index (κ1) is 19.9. The molecule has 1 aliphatic carbocycles. The summed E-state index contributed by atoms with van der Waals surface area (Å²) in [4.78, 5) is 37.8. The Hall–Kier alpha value is -3.42. The summed E-state index contributed by atoms with van der Waals surface area (Å²) in [5, 5.41) is 7.28. The van der Waals surface area contributed by atoms with Crippen LogP contribution in [0.4, 0.5) is 5.69 Å². The molecule has 1 amide bonds. The van der Waals surface area contributed by atoms with E-state index in [-0.39, 0.29) is 24.3 Å². The van der Waals surface area contributed by atoms with Gasteiger partial charge in [-0.15, -0.1) is 0 Å². The number of aromatic nitrogens is 3. The molecule has 8 heteroatoms. The van der Waals surface area contributed by atoms with Gasteiger partial charge in [-0.2, -0.15) is 5.10 Å². The van der Waals surface area contributed by atoms with E-state index in [0.717, 1.165) is 43.4 Å². The zero-order chi connectivity index (χ0) is 21.1. The monoisotopic (exact) mass is 408 g/mol. The Morgan fingerprint density at radius 1 is 1.13 bits per heavy atom. The molecule has 0 radical (unpaired) electrons. The number of rotatable bonds is 5. The minimum atomic E-state index is -0.506. The van der Waals surface area contributed by atoms with Crippen LogP contribution in [0.3, 0.4) is 0 Å². The molecule has 0 fully saturated rings. The SMILES string of the molecule is CCOC(=O)c1ccccc1NC(=O)Cn1ccn2nc3c(c2c1=O)CCCCC3. The van der Waals surface area contributed by atoms with Crippen molar-refractivity contribution in [3.05, 3.63) is 63.8 Å². The summed E-state index contributed by atoms with van der Waals surface area (Å²) in [6, 6.07) is 6.64. The molecule has 0 spiro atoms. The summed E-state index contributed by atoms with van der Waals surface area (Å²) in [7, 11) is 0. The predicted octanol–water partition coefficient (Wildman–Crippen LogP) is 2.58. The number of aryl methyl sites for hydroxylation is 2. The average Bonchev–Trinajstić information content (AvgIpc) is 2.93. The molecule has 8 nitrogen and oxygen atoms in total. The lowest BCUT2D eigenvalue weighted by atomic mass is 10.1. The Kier molecular flexibility index (Phi) is 5.65. The zero-order valence-electron chi connectivity index (χ0n) is 16.9. The number of amides is 1. The van der Waals surface area contributed by atoms with Crippen molar-refractivity contribution in [2.75, 3.05) is 11.9 Å². The highest BCUT2D eigenvalue weighted by Crippen LogP contribution is 2.22. The molecule has 0 bridgehead atoms. The molecular formula is C22H24N4O4. The number of para-hydroxylation sites is 1. The lowest BCUT2D eigenvalue weighted by Gasteiger charge is -2.11. The van der Waals surface area contributed by atoms with E-state index in [4.69, 9.17) is 4.74 Å². The first-order valence-electron chi connectivity index (χ1n) is 10.2. The van der Waals surface area contributed by atoms with Crippen LogP contribution >= 0.6 is 0 Å². The average molecular weight is 408 g/mol. The summed E-state index contributed by atoms with van der Waals surface area (Å²) in [5.74, 6) is -0.905. The second-order valence-corrected chi connectivity index (χ2v) is 7.32. The topological polar surface area (TPSA) is 94.7 Å². The number of benzene rings is 1. The Morgan fingerprint density at radius 3 is 2.77 bits per heavy atom. The number of fused-ring (bicyclic) bond motifs is 3. The van der Waals surface area contributed by atoms with Crippen LogP contribution in [0, 0.1) is 0 Å². The van der Waals surface area contributed by atoms with Gasteiger partial charge in [0.15, 0.2) is 0 Å². The number of nitrogens with zero attached hydrogens (tertiary/aromatic N) is 3. The fourth-order valence-electron chi connectivity index (χ4n) is 3.88. The number of anilines is 1. The zero-order valence-corrected chi connectivity index (χ0v) is 16.9. The third-order valence-corrected chi connectivity index (χ3v) is 5.29. The second kappa shape index (κ2) is 8.52. The largest absolute Gasteiger partial charge is 0.462 e. The molecule has 0 unspecified atom stereocenters. The lowest BCUT2D eigenvalue weighted by Crippen LogP contribution is -2.29. The highest BCUT2D eigenvalue weighted by Gasteiger charge is 2.20. The van der Waals surface area contributed by atoms with Crippen LogP contribution in [0.5, 0.6) is 0 Å². The first-order valence-corrected chi connectivity index (χ1v) is 10.2. The van der Waals surface area contributed by atoms with Crippen molar-refractivity contribution < 1.29 is 14.3 Å². The third-order valence-electron chi connectivity index (χ3n) is 5.29. The van der Waals surface area contributed by atoms with E-state index in [1.807, 2.05) is 0 Å². The van der Waals surface area contributed by atoms with Crippen molar-refractivity contribution in [3.63, 3.8) is 0 Å². The van der Waals surface area contributed by atoms with E-state index in [0.29, 0.717) is 11.2 Å². The molecule has 1 N–H and O–H groups in total. The number of hydrogen-bond acceptors (Lipinski definition) is 5. The van der Waals surface area contributed by atoms with Gasteiger partial charge in [-0.3, -0.25) is 9.59 Å². The summed E-state index contributed by atoms with van der Waals surface area (Å²) in [6.07, 6.45) is 8.23. The minimum absolute atomic E-state index is 0.160. The molecule has 0 saturated carbocycles. The number of carbonyl (C=O) groups is 2. The van der Waals surface area contributed by atoms with E-state index < -0.39 is 11.9 Å². The van der Waals surface area contributed by atoms with Gasteiger partial charge in [-0.05, 0) is 44.7 Å². The Labute approximate surface area is 173 Å². The molecule has 156 valence electrons. The quantitative estimate of drug-likeness (QED) is 0.517. The van der Waals surface area contributed by atoms with E-state index in [2.05, 4.69) is 10.4 Å². The molecule has 1 aromatic carbocycles. The Morgan fingerprint density at radius 2 is 1.93 bits per heavy atom.